The topological polar surface area (TPSA) is 63.6 Å². The van der Waals surface area contributed by atoms with Crippen molar-refractivity contribution in [2.24, 2.45) is 10.8 Å². The molecule has 0 aromatic heterocycles. The van der Waals surface area contributed by atoms with E-state index in [1.54, 1.807) is 6.07 Å². The van der Waals surface area contributed by atoms with Crippen molar-refractivity contribution in [3.8, 4) is 5.75 Å². The number of halogens is 1. The number of Topliss-reactive ketones (excluding diaryl/α,β-unsaturated/α-hetero) is 2. The lowest BCUT2D eigenvalue weighted by Gasteiger charge is -2.43. The number of phenolic OH excluding ortho intramolecular Hbond substituents is 1. The molecule has 2 aromatic rings. The molecule has 0 spiro atoms. The van der Waals surface area contributed by atoms with E-state index in [0.717, 1.165) is 15.2 Å². The van der Waals surface area contributed by atoms with Crippen molar-refractivity contribution in [1.82, 2.24) is 0 Å². The summed E-state index contributed by atoms with van der Waals surface area (Å²) < 4.78 is 7.29. The lowest BCUT2D eigenvalue weighted by molar-refractivity contribution is -0.120. The molecule has 0 bridgehead atoms. The minimum Gasteiger partial charge on any atom is -0.508 e. The lowest BCUT2D eigenvalue weighted by Crippen LogP contribution is -2.37. The molecule has 32 heavy (non-hydrogen) atoms. The largest absolute Gasteiger partial charge is 0.508 e. The number of allylic oxidation sites excluding steroid dienone is 4. The Hall–Kier alpha value is -2.40. The van der Waals surface area contributed by atoms with Gasteiger partial charge in [-0.2, -0.15) is 0 Å². The summed E-state index contributed by atoms with van der Waals surface area (Å²) in [7, 11) is 0. The first-order chi connectivity index (χ1) is 15.0. The van der Waals surface area contributed by atoms with E-state index < -0.39 is 5.92 Å². The van der Waals surface area contributed by atoms with Crippen molar-refractivity contribution in [2.45, 2.75) is 59.3 Å². The summed E-state index contributed by atoms with van der Waals surface area (Å²) in [6.45, 7) is 8.28. The zero-order chi connectivity index (χ0) is 23.0. The molecule has 0 fully saturated rings. The zero-order valence-electron chi connectivity index (χ0n) is 18.8. The standard InChI is InChI=1S/C27H27BrO4/c1-26(2)10-18(30)23-20(12-26)32-21-13-27(3,4)11-19(31)24(21)25(23)22-16-7-6-15(28)9-14(16)5-8-17(22)29/h5-9,25,29H,10-13H2,1-4H3. The smallest absolute Gasteiger partial charge is 0.163 e. The van der Waals surface area contributed by atoms with Gasteiger partial charge < -0.3 is 9.84 Å². The summed E-state index contributed by atoms with van der Waals surface area (Å²) in [4.78, 5) is 27.0. The molecule has 0 radical (unpaired) electrons. The molecule has 1 N–H and O–H groups in total. The number of carbonyl (C=O) groups excluding carboxylic acids is 2. The van der Waals surface area contributed by atoms with E-state index in [-0.39, 0.29) is 28.1 Å². The molecule has 0 unspecified atom stereocenters. The van der Waals surface area contributed by atoms with Gasteiger partial charge in [0.25, 0.3) is 0 Å². The maximum absolute atomic E-state index is 13.5. The van der Waals surface area contributed by atoms with Gasteiger partial charge in [0.2, 0.25) is 0 Å². The highest BCUT2D eigenvalue weighted by Gasteiger charge is 2.48. The SMILES string of the molecule is CC1(C)CC(=O)C2=C(C1)OC1=C(C(=O)CC(C)(C)C1)C2c1c(O)ccc2cc(Br)ccc12. The van der Waals surface area contributed by atoms with Crippen LogP contribution in [0.5, 0.6) is 5.75 Å². The highest BCUT2D eigenvalue weighted by Crippen LogP contribution is 2.55. The third-order valence-corrected chi connectivity index (χ3v) is 7.36. The van der Waals surface area contributed by atoms with Gasteiger partial charge in [-0.15, -0.1) is 0 Å². The van der Waals surface area contributed by atoms with Gasteiger partial charge in [0, 0.05) is 46.9 Å². The Kier molecular flexibility index (Phi) is 4.72. The highest BCUT2D eigenvalue weighted by atomic mass is 79.9. The van der Waals surface area contributed by atoms with E-state index in [9.17, 15) is 14.7 Å². The van der Waals surface area contributed by atoms with Crippen LogP contribution >= 0.6 is 15.9 Å². The van der Waals surface area contributed by atoms with E-state index in [0.29, 0.717) is 53.9 Å². The maximum atomic E-state index is 13.5. The molecule has 0 saturated carbocycles. The van der Waals surface area contributed by atoms with Crippen LogP contribution in [0.2, 0.25) is 0 Å². The fourth-order valence-corrected chi connectivity index (χ4v) is 5.96. The molecule has 2 aliphatic carbocycles. The normalized spacial score (nSPS) is 22.7. The van der Waals surface area contributed by atoms with E-state index in [4.69, 9.17) is 4.74 Å². The molecule has 166 valence electrons. The van der Waals surface area contributed by atoms with Crippen molar-refractivity contribution in [1.29, 1.82) is 0 Å². The highest BCUT2D eigenvalue weighted by molar-refractivity contribution is 9.10. The summed E-state index contributed by atoms with van der Waals surface area (Å²) in [5.74, 6) is 0.812. The van der Waals surface area contributed by atoms with Crippen molar-refractivity contribution in [2.75, 3.05) is 0 Å². The first kappa shape index (κ1) is 21.4. The van der Waals surface area contributed by atoms with Crippen LogP contribution < -0.4 is 0 Å². The summed E-state index contributed by atoms with van der Waals surface area (Å²) in [5, 5.41) is 12.8. The predicted octanol–water partition coefficient (Wildman–Crippen LogP) is 6.71. The van der Waals surface area contributed by atoms with Gasteiger partial charge in [-0.3, -0.25) is 9.59 Å². The first-order valence-electron chi connectivity index (χ1n) is 11.1. The number of hydrogen-bond donors (Lipinski definition) is 1. The summed E-state index contributed by atoms with van der Waals surface area (Å²) in [6, 6.07) is 9.38. The molecule has 5 heteroatoms. The molecule has 2 aromatic carbocycles. The Bertz CT molecular complexity index is 1210. The zero-order valence-corrected chi connectivity index (χ0v) is 20.4. The van der Waals surface area contributed by atoms with Gasteiger partial charge in [0.1, 0.15) is 17.3 Å². The van der Waals surface area contributed by atoms with Gasteiger partial charge in [0.15, 0.2) is 11.6 Å². The van der Waals surface area contributed by atoms with E-state index >= 15 is 0 Å². The second-order valence-electron chi connectivity index (χ2n) is 11.0. The maximum Gasteiger partial charge on any atom is 0.163 e. The van der Waals surface area contributed by atoms with Crippen LogP contribution in [0, 0.1) is 10.8 Å². The Labute approximate surface area is 196 Å². The van der Waals surface area contributed by atoms with Crippen molar-refractivity contribution >= 4 is 38.3 Å². The molecule has 0 amide bonds. The number of aromatic hydroxyl groups is 1. The van der Waals surface area contributed by atoms with E-state index in [2.05, 4.69) is 43.6 Å². The minimum atomic E-state index is -0.606. The summed E-state index contributed by atoms with van der Waals surface area (Å²) in [6.07, 6.45) is 2.05. The van der Waals surface area contributed by atoms with Crippen LogP contribution in [0.4, 0.5) is 0 Å². The molecule has 1 aliphatic heterocycles. The van der Waals surface area contributed by atoms with Crippen molar-refractivity contribution < 1.29 is 19.4 Å². The second kappa shape index (κ2) is 7.05. The third kappa shape index (κ3) is 3.42. The van der Waals surface area contributed by atoms with E-state index in [1.165, 1.54) is 0 Å². The summed E-state index contributed by atoms with van der Waals surface area (Å²) in [5.41, 5.74) is 1.29. The molecular formula is C27H27BrO4. The molecule has 3 aliphatic rings. The average Bonchev–Trinajstić information content (AvgIpc) is 2.64. The number of benzene rings is 2. The van der Waals surface area contributed by atoms with Gasteiger partial charge in [0.05, 0.1) is 5.92 Å². The molecule has 5 rings (SSSR count). The van der Waals surface area contributed by atoms with Gasteiger partial charge in [-0.25, -0.2) is 0 Å². The quantitative estimate of drug-likeness (QED) is 0.478. The monoisotopic (exact) mass is 494 g/mol. The van der Waals surface area contributed by atoms with Gasteiger partial charge in [-0.05, 0) is 39.8 Å². The number of rotatable bonds is 1. The molecular weight excluding hydrogens is 468 g/mol. The fourth-order valence-electron chi connectivity index (χ4n) is 5.58. The second-order valence-corrected chi connectivity index (χ2v) is 11.9. The number of phenols is 1. The van der Waals surface area contributed by atoms with Gasteiger partial charge in [-0.1, -0.05) is 55.8 Å². The van der Waals surface area contributed by atoms with Crippen LogP contribution in [0.25, 0.3) is 10.8 Å². The Balaban J connectivity index is 1.82. The number of ether oxygens (including phenoxy) is 1. The summed E-state index contributed by atoms with van der Waals surface area (Å²) >= 11 is 3.52. The van der Waals surface area contributed by atoms with Crippen LogP contribution in [-0.2, 0) is 14.3 Å². The first-order valence-corrected chi connectivity index (χ1v) is 11.9. The third-order valence-electron chi connectivity index (χ3n) is 6.87. The molecule has 0 saturated heterocycles. The van der Waals surface area contributed by atoms with Crippen molar-refractivity contribution in [3.05, 3.63) is 63.0 Å². The van der Waals surface area contributed by atoms with Crippen molar-refractivity contribution in [3.63, 3.8) is 0 Å². The number of hydrogen-bond acceptors (Lipinski definition) is 4. The molecule has 0 atom stereocenters. The average molecular weight is 495 g/mol. The number of carbonyl (C=O) groups is 2. The molecule has 1 heterocycles. The lowest BCUT2D eigenvalue weighted by atomic mass is 9.65. The fraction of sp³-hybridized carbons (Fsp3) is 0.407. The van der Waals surface area contributed by atoms with E-state index in [1.807, 2.05) is 24.3 Å². The predicted molar refractivity (Wildman–Crippen MR) is 127 cm³/mol. The minimum absolute atomic E-state index is 0.000974. The Morgan fingerprint density at radius 3 is 2.00 bits per heavy atom. The number of ketones is 2. The van der Waals surface area contributed by atoms with Crippen LogP contribution in [0.1, 0.15) is 64.9 Å². The Morgan fingerprint density at radius 1 is 0.875 bits per heavy atom. The molecule has 4 nitrogen and oxygen atoms in total. The van der Waals surface area contributed by atoms with Crippen LogP contribution in [-0.4, -0.2) is 16.7 Å². The van der Waals surface area contributed by atoms with Crippen LogP contribution in [0.15, 0.2) is 57.5 Å². The number of fused-ring (bicyclic) bond motifs is 1. The van der Waals surface area contributed by atoms with Gasteiger partial charge >= 0.3 is 0 Å². The van der Waals surface area contributed by atoms with Crippen LogP contribution in [0.3, 0.4) is 0 Å². The Morgan fingerprint density at radius 2 is 1.44 bits per heavy atom.